The predicted molar refractivity (Wildman–Crippen MR) is 75.6 cm³/mol. The van der Waals surface area contributed by atoms with E-state index in [4.69, 9.17) is 18.0 Å². The molecule has 0 atom stereocenters. The molecule has 0 spiro atoms. The summed E-state index contributed by atoms with van der Waals surface area (Å²) in [6.45, 7) is 9.51. The van der Waals surface area contributed by atoms with Crippen molar-refractivity contribution in [2.75, 3.05) is 0 Å². The minimum Gasteiger partial charge on any atom is -0.383 e. The van der Waals surface area contributed by atoms with Gasteiger partial charge in [0.2, 0.25) is 0 Å². The van der Waals surface area contributed by atoms with Crippen LogP contribution in [0.2, 0.25) is 0 Å². The standard InChI is InChI=1S/C11H18N2S2/c1-6(9(4)14)8(3)13-11(12)7(2)10(5)15/h15H,1-5H3,(H2,12,13)/b8-6?,10-7-. The minimum absolute atomic E-state index is 0.496. The molecule has 0 aliphatic heterocycles. The Hall–Kier alpha value is -0.610. The van der Waals surface area contributed by atoms with Crippen LogP contribution in [-0.2, 0) is 0 Å². The van der Waals surface area contributed by atoms with Crippen LogP contribution in [0.4, 0.5) is 0 Å². The first-order valence-electron chi connectivity index (χ1n) is 4.66. The molecule has 0 amide bonds. The molecule has 0 fully saturated rings. The summed E-state index contributed by atoms with van der Waals surface area (Å²) in [6, 6.07) is 0. The molecule has 0 aromatic rings. The number of nitrogens with zero attached hydrogens (tertiary/aromatic N) is 1. The van der Waals surface area contributed by atoms with Crippen molar-refractivity contribution in [1.29, 1.82) is 0 Å². The molecule has 0 bridgehead atoms. The van der Waals surface area contributed by atoms with Crippen molar-refractivity contribution in [3.8, 4) is 0 Å². The molecule has 0 aliphatic carbocycles. The Morgan fingerprint density at radius 2 is 1.53 bits per heavy atom. The molecule has 0 rings (SSSR count). The van der Waals surface area contributed by atoms with Gasteiger partial charge in [-0.3, -0.25) is 0 Å². The molecule has 0 aromatic heterocycles. The quantitative estimate of drug-likeness (QED) is 0.262. The number of hydrogen-bond acceptors (Lipinski definition) is 3. The van der Waals surface area contributed by atoms with Gasteiger partial charge in [-0.2, -0.15) is 0 Å². The van der Waals surface area contributed by atoms with Crippen molar-refractivity contribution in [3.63, 3.8) is 0 Å². The molecular weight excluding hydrogens is 224 g/mol. The molecule has 2 nitrogen and oxygen atoms in total. The lowest BCUT2D eigenvalue weighted by Gasteiger charge is -2.05. The molecule has 0 radical (unpaired) electrons. The fraction of sp³-hybridized carbons (Fsp3) is 0.455. The smallest absolute Gasteiger partial charge is 0.127 e. The highest BCUT2D eigenvalue weighted by Crippen LogP contribution is 2.11. The van der Waals surface area contributed by atoms with Crippen LogP contribution in [0.15, 0.2) is 26.7 Å². The summed E-state index contributed by atoms with van der Waals surface area (Å²) in [4.78, 5) is 6.02. The van der Waals surface area contributed by atoms with Gasteiger partial charge in [0.05, 0.1) is 0 Å². The van der Waals surface area contributed by atoms with Crippen LogP contribution in [0.1, 0.15) is 34.6 Å². The number of rotatable bonds is 3. The first-order valence-corrected chi connectivity index (χ1v) is 5.52. The maximum Gasteiger partial charge on any atom is 0.127 e. The number of allylic oxidation sites excluding steroid dienone is 3. The van der Waals surface area contributed by atoms with Crippen molar-refractivity contribution >= 4 is 35.5 Å². The van der Waals surface area contributed by atoms with Crippen LogP contribution < -0.4 is 5.73 Å². The van der Waals surface area contributed by atoms with Crippen molar-refractivity contribution in [2.45, 2.75) is 34.6 Å². The van der Waals surface area contributed by atoms with E-state index < -0.39 is 0 Å². The van der Waals surface area contributed by atoms with Crippen LogP contribution in [0, 0.1) is 0 Å². The molecule has 15 heavy (non-hydrogen) atoms. The number of nitrogens with two attached hydrogens (primary N) is 1. The van der Waals surface area contributed by atoms with Gasteiger partial charge in [-0.25, -0.2) is 4.99 Å². The van der Waals surface area contributed by atoms with Crippen LogP contribution in [0.3, 0.4) is 0 Å². The van der Waals surface area contributed by atoms with Gasteiger partial charge in [-0.15, -0.1) is 12.6 Å². The monoisotopic (exact) mass is 242 g/mol. The molecule has 4 heteroatoms. The van der Waals surface area contributed by atoms with E-state index in [1.54, 1.807) is 0 Å². The molecule has 0 aromatic carbocycles. The van der Waals surface area contributed by atoms with Gasteiger partial charge in [0, 0.05) is 16.1 Å². The number of thiol groups is 1. The number of aliphatic imine (C=N–C) groups is 1. The van der Waals surface area contributed by atoms with Crippen molar-refractivity contribution in [2.24, 2.45) is 10.7 Å². The molecule has 0 saturated heterocycles. The second-order valence-corrected chi connectivity index (χ2v) is 4.76. The van der Waals surface area contributed by atoms with Crippen LogP contribution in [0.25, 0.3) is 0 Å². The largest absolute Gasteiger partial charge is 0.383 e. The first kappa shape index (κ1) is 14.4. The minimum atomic E-state index is 0.496. The van der Waals surface area contributed by atoms with E-state index in [1.165, 1.54) is 0 Å². The summed E-state index contributed by atoms with van der Waals surface area (Å²) in [7, 11) is 0. The second kappa shape index (κ2) is 6.08. The van der Waals surface area contributed by atoms with E-state index in [1.807, 2.05) is 34.6 Å². The SMILES string of the molecule is CC(=S)C(C)=C(C)N=C(N)/C(C)=C(/C)S. The maximum atomic E-state index is 5.82. The van der Waals surface area contributed by atoms with Crippen LogP contribution in [-0.4, -0.2) is 10.7 Å². The maximum absolute atomic E-state index is 5.82. The lowest BCUT2D eigenvalue weighted by atomic mass is 10.2. The predicted octanol–water partition coefficient (Wildman–Crippen LogP) is 3.25. The summed E-state index contributed by atoms with van der Waals surface area (Å²) >= 11 is 9.29. The fourth-order valence-corrected chi connectivity index (χ4v) is 1.05. The molecular formula is C11H18N2S2. The highest BCUT2D eigenvalue weighted by atomic mass is 32.1. The van der Waals surface area contributed by atoms with E-state index in [0.29, 0.717) is 5.84 Å². The number of thiocarbonyl (C=S) groups is 1. The van der Waals surface area contributed by atoms with Crippen LogP contribution >= 0.6 is 24.8 Å². The highest BCUT2D eigenvalue weighted by molar-refractivity contribution is 7.84. The Morgan fingerprint density at radius 3 is 1.87 bits per heavy atom. The Labute approximate surface area is 103 Å². The van der Waals surface area contributed by atoms with E-state index in [9.17, 15) is 0 Å². The third-order valence-electron chi connectivity index (χ3n) is 2.29. The average Bonchev–Trinajstić information content (AvgIpc) is 2.14. The summed E-state index contributed by atoms with van der Waals surface area (Å²) < 4.78 is 0. The third-order valence-corrected chi connectivity index (χ3v) is 2.93. The van der Waals surface area contributed by atoms with Gasteiger partial charge in [0.1, 0.15) is 5.84 Å². The van der Waals surface area contributed by atoms with E-state index in [0.717, 1.165) is 26.6 Å². The fourth-order valence-electron chi connectivity index (χ4n) is 0.788. The number of hydrogen-bond donors (Lipinski definition) is 2. The Morgan fingerprint density at radius 1 is 1.07 bits per heavy atom. The zero-order chi connectivity index (χ0) is 12.2. The Kier molecular flexibility index (Phi) is 5.83. The Balaban J connectivity index is 5.18. The van der Waals surface area contributed by atoms with E-state index >= 15 is 0 Å². The van der Waals surface area contributed by atoms with Gasteiger partial charge >= 0.3 is 0 Å². The van der Waals surface area contributed by atoms with Crippen molar-refractivity contribution < 1.29 is 0 Å². The molecule has 0 unspecified atom stereocenters. The Bertz CT molecular complexity index is 359. The van der Waals surface area contributed by atoms with Gasteiger partial charge in [0.25, 0.3) is 0 Å². The normalized spacial score (nSPS) is 15.7. The van der Waals surface area contributed by atoms with E-state index in [-0.39, 0.29) is 0 Å². The lowest BCUT2D eigenvalue weighted by molar-refractivity contribution is 1.23. The molecule has 0 heterocycles. The first-order chi connectivity index (χ1) is 6.77. The van der Waals surface area contributed by atoms with Gasteiger partial charge in [0.15, 0.2) is 0 Å². The summed E-state index contributed by atoms with van der Waals surface area (Å²) in [5.74, 6) is 0.496. The van der Waals surface area contributed by atoms with Crippen LogP contribution in [0.5, 0.6) is 0 Å². The zero-order valence-corrected chi connectivity index (χ0v) is 11.6. The summed E-state index contributed by atoms with van der Waals surface area (Å²) in [5.41, 5.74) is 8.57. The van der Waals surface area contributed by atoms with Crippen molar-refractivity contribution in [1.82, 2.24) is 0 Å². The zero-order valence-electron chi connectivity index (χ0n) is 9.88. The molecule has 0 aliphatic rings. The number of amidine groups is 1. The molecule has 84 valence electrons. The van der Waals surface area contributed by atoms with Crippen molar-refractivity contribution in [3.05, 3.63) is 21.7 Å². The highest BCUT2D eigenvalue weighted by Gasteiger charge is 2.02. The van der Waals surface area contributed by atoms with E-state index in [2.05, 4.69) is 17.6 Å². The lowest BCUT2D eigenvalue weighted by Crippen LogP contribution is -2.14. The average molecular weight is 242 g/mol. The van der Waals surface area contributed by atoms with Gasteiger partial charge < -0.3 is 5.73 Å². The summed E-state index contributed by atoms with van der Waals surface area (Å²) in [6.07, 6.45) is 0. The van der Waals surface area contributed by atoms with Gasteiger partial charge in [-0.05, 0) is 45.1 Å². The summed E-state index contributed by atoms with van der Waals surface area (Å²) in [5, 5.41) is 0. The molecule has 2 N–H and O–H groups in total. The topological polar surface area (TPSA) is 38.4 Å². The third kappa shape index (κ3) is 4.62. The van der Waals surface area contributed by atoms with Gasteiger partial charge in [-0.1, -0.05) is 12.2 Å². The molecule has 0 saturated carbocycles. The second-order valence-electron chi connectivity index (χ2n) is 3.47.